The minimum atomic E-state index is -0.108. The first-order valence-corrected chi connectivity index (χ1v) is 7.70. The van der Waals surface area contributed by atoms with Gasteiger partial charge in [-0.05, 0) is 34.9 Å². The third-order valence-electron chi connectivity index (χ3n) is 4.12. The van der Waals surface area contributed by atoms with E-state index in [0.717, 1.165) is 33.6 Å². The van der Waals surface area contributed by atoms with Crippen LogP contribution in [0.5, 0.6) is 0 Å². The molecule has 5 heteroatoms. The number of aromatic amines is 1. The topological polar surface area (TPSA) is 76.2 Å². The molecule has 0 bridgehead atoms. The molecule has 3 N–H and O–H groups in total. The van der Waals surface area contributed by atoms with Gasteiger partial charge in [-0.2, -0.15) is 0 Å². The van der Waals surface area contributed by atoms with Crippen LogP contribution >= 0.6 is 0 Å². The van der Waals surface area contributed by atoms with Crippen molar-refractivity contribution in [3.63, 3.8) is 0 Å². The van der Waals surface area contributed by atoms with Crippen LogP contribution in [0.25, 0.3) is 28.0 Å². The van der Waals surface area contributed by atoms with Crippen molar-refractivity contribution in [3.05, 3.63) is 83.0 Å². The molecule has 0 unspecified atom stereocenters. The average Bonchev–Trinajstić information content (AvgIpc) is 3.05. The molecule has 0 saturated carbocycles. The van der Waals surface area contributed by atoms with E-state index < -0.39 is 0 Å². The summed E-state index contributed by atoms with van der Waals surface area (Å²) in [6, 6.07) is 15.5. The van der Waals surface area contributed by atoms with Crippen molar-refractivity contribution >= 4 is 5.65 Å². The maximum Gasteiger partial charge on any atom is 0.247 e. The second-order valence-electron chi connectivity index (χ2n) is 5.63. The Labute approximate surface area is 138 Å². The number of rotatable bonds is 3. The largest absolute Gasteiger partial charge is 0.328 e. The van der Waals surface area contributed by atoms with Gasteiger partial charge >= 0.3 is 0 Å². The zero-order chi connectivity index (χ0) is 16.5. The number of H-pyrrole nitrogens is 1. The van der Waals surface area contributed by atoms with Crippen molar-refractivity contribution < 1.29 is 0 Å². The summed E-state index contributed by atoms with van der Waals surface area (Å²) in [6.07, 6.45) is 5.57. The van der Waals surface area contributed by atoms with Crippen LogP contribution in [0.15, 0.2) is 71.9 Å². The zero-order valence-corrected chi connectivity index (χ0v) is 12.9. The molecule has 0 radical (unpaired) electrons. The molecule has 1 aromatic carbocycles. The maximum atomic E-state index is 11.2. The van der Waals surface area contributed by atoms with Crippen LogP contribution in [0.4, 0.5) is 0 Å². The monoisotopic (exact) mass is 316 g/mol. The smallest absolute Gasteiger partial charge is 0.247 e. The summed E-state index contributed by atoms with van der Waals surface area (Å²) in [5, 5.41) is 0. The van der Waals surface area contributed by atoms with Crippen LogP contribution in [0, 0.1) is 0 Å². The van der Waals surface area contributed by atoms with E-state index in [-0.39, 0.29) is 5.56 Å². The number of nitrogens with zero attached hydrogens (tertiary/aromatic N) is 2. The molecule has 4 aromatic rings. The van der Waals surface area contributed by atoms with E-state index in [9.17, 15) is 4.79 Å². The second kappa shape index (κ2) is 5.79. The molecule has 24 heavy (non-hydrogen) atoms. The van der Waals surface area contributed by atoms with E-state index in [1.54, 1.807) is 12.3 Å². The lowest BCUT2D eigenvalue weighted by Crippen LogP contribution is -2.01. The zero-order valence-electron chi connectivity index (χ0n) is 12.9. The maximum absolute atomic E-state index is 11.2. The van der Waals surface area contributed by atoms with Crippen molar-refractivity contribution in [3.8, 4) is 22.4 Å². The van der Waals surface area contributed by atoms with Crippen LogP contribution in [0.1, 0.15) is 5.56 Å². The van der Waals surface area contributed by atoms with E-state index in [1.807, 2.05) is 41.1 Å². The third kappa shape index (κ3) is 2.51. The molecular weight excluding hydrogens is 300 g/mol. The second-order valence-corrected chi connectivity index (χ2v) is 5.63. The first kappa shape index (κ1) is 14.4. The van der Waals surface area contributed by atoms with Gasteiger partial charge in [0.2, 0.25) is 5.56 Å². The number of nitrogens with one attached hydrogen (secondary N) is 1. The number of benzene rings is 1. The van der Waals surface area contributed by atoms with Crippen molar-refractivity contribution in [2.24, 2.45) is 5.73 Å². The Hall–Kier alpha value is -3.18. The quantitative estimate of drug-likeness (QED) is 0.610. The number of hydrogen-bond acceptors (Lipinski definition) is 3. The number of imidazole rings is 1. The number of aromatic nitrogens is 3. The first-order valence-electron chi connectivity index (χ1n) is 7.70. The lowest BCUT2D eigenvalue weighted by molar-refractivity contribution is 1.07. The van der Waals surface area contributed by atoms with Crippen LogP contribution in [0.2, 0.25) is 0 Å². The van der Waals surface area contributed by atoms with Crippen LogP contribution in [-0.2, 0) is 6.54 Å². The predicted molar refractivity (Wildman–Crippen MR) is 94.6 cm³/mol. The van der Waals surface area contributed by atoms with Crippen molar-refractivity contribution in [1.29, 1.82) is 0 Å². The fourth-order valence-corrected chi connectivity index (χ4v) is 2.78. The third-order valence-corrected chi connectivity index (χ3v) is 4.12. The van der Waals surface area contributed by atoms with Gasteiger partial charge in [-0.1, -0.05) is 24.3 Å². The lowest BCUT2D eigenvalue weighted by Gasteiger charge is -2.05. The average molecular weight is 316 g/mol. The van der Waals surface area contributed by atoms with Gasteiger partial charge in [-0.15, -0.1) is 0 Å². The van der Waals surface area contributed by atoms with Crippen molar-refractivity contribution in [2.45, 2.75) is 6.54 Å². The SMILES string of the molecule is NCc1ccc(-c2cnc3cc(-c4ccc(=O)[nH]c4)ccn23)cc1. The van der Waals surface area contributed by atoms with Gasteiger partial charge in [0, 0.05) is 30.6 Å². The van der Waals surface area contributed by atoms with E-state index in [4.69, 9.17) is 5.73 Å². The number of fused-ring (bicyclic) bond motifs is 1. The van der Waals surface area contributed by atoms with Gasteiger partial charge in [-0.3, -0.25) is 9.20 Å². The summed E-state index contributed by atoms with van der Waals surface area (Å²) in [7, 11) is 0. The molecule has 4 rings (SSSR count). The molecule has 0 amide bonds. The Kier molecular flexibility index (Phi) is 3.48. The predicted octanol–water partition coefficient (Wildman–Crippen LogP) is 2.82. The first-order chi connectivity index (χ1) is 11.7. The van der Waals surface area contributed by atoms with E-state index in [2.05, 4.69) is 22.1 Å². The number of hydrogen-bond donors (Lipinski definition) is 2. The van der Waals surface area contributed by atoms with Gasteiger partial charge in [-0.25, -0.2) is 4.98 Å². The summed E-state index contributed by atoms with van der Waals surface area (Å²) < 4.78 is 2.05. The van der Waals surface area contributed by atoms with Crippen molar-refractivity contribution in [2.75, 3.05) is 0 Å². The van der Waals surface area contributed by atoms with E-state index >= 15 is 0 Å². The molecule has 0 saturated heterocycles. The van der Waals surface area contributed by atoms with Gasteiger partial charge < -0.3 is 10.7 Å². The van der Waals surface area contributed by atoms with E-state index in [1.165, 1.54) is 6.07 Å². The highest BCUT2D eigenvalue weighted by Gasteiger charge is 2.07. The molecule has 0 aliphatic heterocycles. The fraction of sp³-hybridized carbons (Fsp3) is 0.0526. The molecule has 0 spiro atoms. The Morgan fingerprint density at radius 3 is 2.50 bits per heavy atom. The number of pyridine rings is 2. The van der Waals surface area contributed by atoms with Crippen LogP contribution in [0.3, 0.4) is 0 Å². The molecule has 0 atom stereocenters. The molecular formula is C19H16N4O. The normalized spacial score (nSPS) is 11.0. The highest BCUT2D eigenvalue weighted by Crippen LogP contribution is 2.24. The molecule has 3 aromatic heterocycles. The van der Waals surface area contributed by atoms with Crippen molar-refractivity contribution in [1.82, 2.24) is 14.4 Å². The molecule has 0 aliphatic rings. The molecule has 0 aliphatic carbocycles. The molecule has 118 valence electrons. The van der Waals surface area contributed by atoms with E-state index in [0.29, 0.717) is 6.54 Å². The Morgan fingerprint density at radius 1 is 1.00 bits per heavy atom. The van der Waals surface area contributed by atoms with Crippen LogP contribution < -0.4 is 11.3 Å². The minimum Gasteiger partial charge on any atom is -0.328 e. The van der Waals surface area contributed by atoms with Gasteiger partial charge in [0.05, 0.1) is 11.9 Å². The summed E-state index contributed by atoms with van der Waals surface area (Å²) in [6.45, 7) is 0.538. The summed E-state index contributed by atoms with van der Waals surface area (Å²) in [5.74, 6) is 0. The molecule has 5 nitrogen and oxygen atoms in total. The fourth-order valence-electron chi connectivity index (χ4n) is 2.78. The summed E-state index contributed by atoms with van der Waals surface area (Å²) in [5.41, 5.74) is 11.6. The Bertz CT molecular complexity index is 1040. The summed E-state index contributed by atoms with van der Waals surface area (Å²) >= 11 is 0. The van der Waals surface area contributed by atoms with Gasteiger partial charge in [0.25, 0.3) is 0 Å². The lowest BCUT2D eigenvalue weighted by atomic mass is 10.1. The van der Waals surface area contributed by atoms with Gasteiger partial charge in [0.15, 0.2) is 0 Å². The highest BCUT2D eigenvalue weighted by atomic mass is 16.1. The highest BCUT2D eigenvalue weighted by molar-refractivity contribution is 5.70. The Morgan fingerprint density at radius 2 is 1.79 bits per heavy atom. The Balaban J connectivity index is 1.77. The van der Waals surface area contributed by atoms with Crippen LogP contribution in [-0.4, -0.2) is 14.4 Å². The summed E-state index contributed by atoms with van der Waals surface area (Å²) in [4.78, 5) is 18.4. The molecule has 0 fully saturated rings. The molecule has 3 heterocycles. The minimum absolute atomic E-state index is 0.108. The van der Waals surface area contributed by atoms with Gasteiger partial charge in [0.1, 0.15) is 5.65 Å². The number of nitrogens with two attached hydrogens (primary N) is 1. The standard InChI is InChI=1S/C19H16N4O/c20-10-13-1-3-14(4-2-13)17-12-21-18-9-15(7-8-23(17)18)16-5-6-19(24)22-11-16/h1-9,11-12H,10,20H2,(H,22,24).